The molecule has 1 aromatic rings. The lowest BCUT2D eigenvalue weighted by molar-refractivity contribution is 0.418. The van der Waals surface area contributed by atoms with Crippen LogP contribution in [0, 0.1) is 5.82 Å². The topological polar surface area (TPSA) is 12.0 Å². The lowest BCUT2D eigenvalue weighted by atomic mass is 10.1. The summed E-state index contributed by atoms with van der Waals surface area (Å²) in [5.74, 6) is -0.328. The second-order valence-corrected chi connectivity index (χ2v) is 4.72. The van der Waals surface area contributed by atoms with Crippen LogP contribution >= 0.6 is 11.6 Å². The number of halogens is 2. The second kappa shape index (κ2) is 4.28. The van der Waals surface area contributed by atoms with Crippen molar-refractivity contribution in [2.24, 2.45) is 0 Å². The van der Waals surface area contributed by atoms with Crippen molar-refractivity contribution in [3.05, 3.63) is 34.6 Å². The van der Waals surface area contributed by atoms with Crippen LogP contribution in [0.2, 0.25) is 5.02 Å². The lowest BCUT2D eigenvalue weighted by Gasteiger charge is -2.20. The van der Waals surface area contributed by atoms with Gasteiger partial charge in [0.25, 0.3) is 0 Å². The van der Waals surface area contributed by atoms with Gasteiger partial charge in [-0.25, -0.2) is 4.39 Å². The Kier molecular flexibility index (Phi) is 3.51. The van der Waals surface area contributed by atoms with E-state index in [1.165, 1.54) is 0 Å². The first-order chi connectivity index (χ1) is 6.40. The van der Waals surface area contributed by atoms with E-state index in [1.54, 1.807) is 18.2 Å². The Hall–Kier alpha value is -0.600. The Labute approximate surface area is 89.3 Å². The van der Waals surface area contributed by atoms with Crippen molar-refractivity contribution in [1.82, 2.24) is 5.32 Å². The van der Waals surface area contributed by atoms with Crippen LogP contribution in [0.3, 0.4) is 0 Å². The normalized spacial score (nSPS) is 11.8. The third kappa shape index (κ3) is 3.28. The van der Waals surface area contributed by atoms with Crippen LogP contribution in [0.5, 0.6) is 0 Å². The van der Waals surface area contributed by atoms with Crippen LogP contribution in [0.1, 0.15) is 26.3 Å². The molecule has 1 N–H and O–H groups in total. The maximum Gasteiger partial charge on any atom is 0.146 e. The molecule has 1 nitrogen and oxygen atoms in total. The lowest BCUT2D eigenvalue weighted by Crippen LogP contribution is -2.35. The van der Waals surface area contributed by atoms with Crippen LogP contribution in [-0.4, -0.2) is 5.54 Å². The molecule has 0 aliphatic heterocycles. The van der Waals surface area contributed by atoms with Gasteiger partial charge >= 0.3 is 0 Å². The minimum Gasteiger partial charge on any atom is -0.308 e. The average Bonchev–Trinajstić information content (AvgIpc) is 2.06. The molecule has 78 valence electrons. The van der Waals surface area contributed by atoms with Gasteiger partial charge < -0.3 is 5.32 Å². The summed E-state index contributed by atoms with van der Waals surface area (Å²) in [5, 5.41) is 3.39. The van der Waals surface area contributed by atoms with E-state index in [9.17, 15) is 4.39 Å². The highest BCUT2D eigenvalue weighted by Crippen LogP contribution is 2.18. The zero-order chi connectivity index (χ0) is 10.8. The van der Waals surface area contributed by atoms with Gasteiger partial charge in [-0.2, -0.15) is 0 Å². The fourth-order valence-corrected chi connectivity index (χ4v) is 1.24. The summed E-state index contributed by atoms with van der Waals surface area (Å²) in [6.45, 7) is 6.61. The Morgan fingerprint density at radius 3 is 2.57 bits per heavy atom. The molecule has 0 amide bonds. The highest BCUT2D eigenvalue weighted by atomic mass is 35.5. The summed E-state index contributed by atoms with van der Waals surface area (Å²) in [5.41, 5.74) is 0.585. The third-order valence-electron chi connectivity index (χ3n) is 1.84. The standard InChI is InChI=1S/C11H15ClFN/c1-11(2,3)14-7-8-5-4-6-9(12)10(8)13/h4-6,14H,7H2,1-3H3. The molecule has 0 fully saturated rings. The Morgan fingerprint density at radius 1 is 1.36 bits per heavy atom. The minimum atomic E-state index is -0.328. The molecule has 1 aromatic carbocycles. The van der Waals surface area contributed by atoms with Crippen LogP contribution < -0.4 is 5.32 Å². The van der Waals surface area contributed by atoms with Crippen molar-refractivity contribution in [3.63, 3.8) is 0 Å². The summed E-state index contributed by atoms with van der Waals surface area (Å²) in [6.07, 6.45) is 0. The molecule has 0 aliphatic carbocycles. The predicted octanol–water partition coefficient (Wildman–Crippen LogP) is 3.37. The van der Waals surface area contributed by atoms with Crippen molar-refractivity contribution in [2.75, 3.05) is 0 Å². The van der Waals surface area contributed by atoms with Gasteiger partial charge in [-0.05, 0) is 26.8 Å². The fourth-order valence-electron chi connectivity index (χ4n) is 1.05. The molecule has 0 unspecified atom stereocenters. The number of rotatable bonds is 2. The van der Waals surface area contributed by atoms with Crippen molar-refractivity contribution in [2.45, 2.75) is 32.9 Å². The van der Waals surface area contributed by atoms with E-state index in [0.717, 1.165) is 0 Å². The van der Waals surface area contributed by atoms with Crippen molar-refractivity contribution in [3.8, 4) is 0 Å². The SMILES string of the molecule is CC(C)(C)NCc1cccc(Cl)c1F. The van der Waals surface area contributed by atoms with Gasteiger partial charge in [0.1, 0.15) is 5.82 Å². The smallest absolute Gasteiger partial charge is 0.146 e. The van der Waals surface area contributed by atoms with Gasteiger partial charge in [0.2, 0.25) is 0 Å². The van der Waals surface area contributed by atoms with E-state index in [2.05, 4.69) is 5.32 Å². The highest BCUT2D eigenvalue weighted by molar-refractivity contribution is 6.30. The van der Waals surface area contributed by atoms with Crippen molar-refractivity contribution < 1.29 is 4.39 Å². The van der Waals surface area contributed by atoms with E-state index in [1.807, 2.05) is 20.8 Å². The summed E-state index contributed by atoms with van der Waals surface area (Å²) >= 11 is 5.66. The molecule has 0 bridgehead atoms. The quantitative estimate of drug-likeness (QED) is 0.798. The fraction of sp³-hybridized carbons (Fsp3) is 0.455. The minimum absolute atomic E-state index is 0.0191. The van der Waals surface area contributed by atoms with Crippen LogP contribution in [0.15, 0.2) is 18.2 Å². The zero-order valence-corrected chi connectivity index (χ0v) is 9.45. The van der Waals surface area contributed by atoms with Gasteiger partial charge in [-0.3, -0.25) is 0 Å². The first-order valence-corrected chi connectivity index (χ1v) is 4.96. The molecule has 0 heterocycles. The third-order valence-corrected chi connectivity index (χ3v) is 2.13. The molecule has 1 rings (SSSR count). The Bertz CT molecular complexity index is 318. The number of hydrogen-bond acceptors (Lipinski definition) is 1. The largest absolute Gasteiger partial charge is 0.308 e. The van der Waals surface area contributed by atoms with Gasteiger partial charge in [0.05, 0.1) is 5.02 Å². The van der Waals surface area contributed by atoms with Gasteiger partial charge in [0, 0.05) is 17.6 Å². The van der Waals surface area contributed by atoms with Crippen LogP contribution in [0.25, 0.3) is 0 Å². The van der Waals surface area contributed by atoms with Gasteiger partial charge in [0.15, 0.2) is 0 Å². The average molecular weight is 216 g/mol. The number of hydrogen-bond donors (Lipinski definition) is 1. The maximum absolute atomic E-state index is 13.4. The van der Waals surface area contributed by atoms with Crippen molar-refractivity contribution >= 4 is 11.6 Å². The van der Waals surface area contributed by atoms with Crippen LogP contribution in [-0.2, 0) is 6.54 Å². The molecule has 3 heteroatoms. The van der Waals surface area contributed by atoms with Crippen molar-refractivity contribution in [1.29, 1.82) is 0 Å². The monoisotopic (exact) mass is 215 g/mol. The zero-order valence-electron chi connectivity index (χ0n) is 8.70. The first-order valence-electron chi connectivity index (χ1n) is 4.58. The predicted molar refractivity (Wildman–Crippen MR) is 58.0 cm³/mol. The first kappa shape index (κ1) is 11.5. The molecule has 0 aromatic heterocycles. The van der Waals surface area contributed by atoms with E-state index in [4.69, 9.17) is 11.6 Å². The molecule has 0 atom stereocenters. The molecular weight excluding hydrogens is 201 g/mol. The molecule has 0 saturated carbocycles. The Balaban J connectivity index is 2.73. The van der Waals surface area contributed by atoms with Crippen LogP contribution in [0.4, 0.5) is 4.39 Å². The van der Waals surface area contributed by atoms with Gasteiger partial charge in [-0.15, -0.1) is 0 Å². The van der Waals surface area contributed by atoms with E-state index in [-0.39, 0.29) is 16.4 Å². The summed E-state index contributed by atoms with van der Waals surface area (Å²) < 4.78 is 13.4. The summed E-state index contributed by atoms with van der Waals surface area (Å²) in [7, 11) is 0. The number of nitrogens with one attached hydrogen (secondary N) is 1. The summed E-state index contributed by atoms with van der Waals surface area (Å²) in [4.78, 5) is 0. The molecular formula is C11H15ClFN. The molecule has 14 heavy (non-hydrogen) atoms. The number of benzene rings is 1. The maximum atomic E-state index is 13.4. The molecule has 0 radical (unpaired) electrons. The molecule has 0 spiro atoms. The van der Waals surface area contributed by atoms with Gasteiger partial charge in [-0.1, -0.05) is 23.7 Å². The molecule has 0 saturated heterocycles. The van der Waals surface area contributed by atoms with E-state index in [0.29, 0.717) is 12.1 Å². The molecule has 0 aliphatic rings. The van der Waals surface area contributed by atoms with E-state index < -0.39 is 0 Å². The Morgan fingerprint density at radius 2 is 2.00 bits per heavy atom. The highest BCUT2D eigenvalue weighted by Gasteiger charge is 2.11. The second-order valence-electron chi connectivity index (χ2n) is 4.32. The van der Waals surface area contributed by atoms with E-state index >= 15 is 0 Å². The summed E-state index contributed by atoms with van der Waals surface area (Å²) in [6, 6.07) is 5.04.